The number of amides is 1. The lowest BCUT2D eigenvalue weighted by Gasteiger charge is -2.11. The van der Waals surface area contributed by atoms with Crippen LogP contribution in [0.2, 0.25) is 0 Å². The SMILES string of the molecule is Cc1ccc(-c2cnc(CCC(=O)Nc3c(C)cc(C)nc3C)o2)cc1. The summed E-state index contributed by atoms with van der Waals surface area (Å²) in [6, 6.07) is 10.0. The zero-order valence-corrected chi connectivity index (χ0v) is 15.6. The zero-order chi connectivity index (χ0) is 18.7. The van der Waals surface area contributed by atoms with Gasteiger partial charge in [-0.05, 0) is 39.3 Å². The summed E-state index contributed by atoms with van der Waals surface area (Å²) in [7, 11) is 0. The number of rotatable bonds is 5. The van der Waals surface area contributed by atoms with E-state index in [1.54, 1.807) is 6.20 Å². The molecule has 5 heteroatoms. The third-order valence-electron chi connectivity index (χ3n) is 4.25. The van der Waals surface area contributed by atoms with Crippen molar-refractivity contribution in [1.82, 2.24) is 9.97 Å². The molecule has 0 saturated carbocycles. The van der Waals surface area contributed by atoms with E-state index in [1.165, 1.54) is 5.56 Å². The predicted octanol–water partition coefficient (Wildman–Crippen LogP) is 4.54. The van der Waals surface area contributed by atoms with Crippen LogP contribution in [-0.4, -0.2) is 15.9 Å². The van der Waals surface area contributed by atoms with E-state index in [1.807, 2.05) is 58.0 Å². The maximum atomic E-state index is 12.3. The third kappa shape index (κ3) is 4.17. The summed E-state index contributed by atoms with van der Waals surface area (Å²) in [5, 5.41) is 2.95. The molecule has 0 aliphatic rings. The number of benzene rings is 1. The average molecular weight is 349 g/mol. The van der Waals surface area contributed by atoms with E-state index < -0.39 is 0 Å². The van der Waals surface area contributed by atoms with Gasteiger partial charge in [-0.25, -0.2) is 4.98 Å². The van der Waals surface area contributed by atoms with Crippen molar-refractivity contribution in [3.63, 3.8) is 0 Å². The topological polar surface area (TPSA) is 68.0 Å². The number of hydrogen-bond acceptors (Lipinski definition) is 4. The molecule has 26 heavy (non-hydrogen) atoms. The van der Waals surface area contributed by atoms with E-state index in [4.69, 9.17) is 4.42 Å². The summed E-state index contributed by atoms with van der Waals surface area (Å²) in [5.74, 6) is 1.21. The molecule has 134 valence electrons. The number of anilines is 1. The van der Waals surface area contributed by atoms with Crippen molar-refractivity contribution in [2.75, 3.05) is 5.32 Å². The molecule has 0 radical (unpaired) electrons. The van der Waals surface area contributed by atoms with E-state index in [2.05, 4.69) is 15.3 Å². The first-order valence-corrected chi connectivity index (χ1v) is 8.69. The van der Waals surface area contributed by atoms with Gasteiger partial charge in [0.2, 0.25) is 5.91 Å². The number of nitrogens with zero attached hydrogens (tertiary/aromatic N) is 2. The molecule has 5 nitrogen and oxygen atoms in total. The molecule has 0 spiro atoms. The van der Waals surface area contributed by atoms with Crippen molar-refractivity contribution in [2.24, 2.45) is 0 Å². The number of carbonyl (C=O) groups is 1. The van der Waals surface area contributed by atoms with Crippen molar-refractivity contribution in [2.45, 2.75) is 40.5 Å². The van der Waals surface area contributed by atoms with Gasteiger partial charge >= 0.3 is 0 Å². The molecule has 0 atom stereocenters. The summed E-state index contributed by atoms with van der Waals surface area (Å²) in [4.78, 5) is 21.0. The van der Waals surface area contributed by atoms with Crippen LogP contribution in [0.3, 0.4) is 0 Å². The fraction of sp³-hybridized carbons (Fsp3) is 0.286. The first-order valence-electron chi connectivity index (χ1n) is 8.69. The van der Waals surface area contributed by atoms with Gasteiger partial charge in [0.05, 0.1) is 17.6 Å². The number of oxazole rings is 1. The number of pyridine rings is 1. The fourth-order valence-corrected chi connectivity index (χ4v) is 2.91. The first kappa shape index (κ1) is 17.9. The van der Waals surface area contributed by atoms with E-state index in [9.17, 15) is 4.79 Å². The normalized spacial score (nSPS) is 10.8. The molecule has 0 unspecified atom stereocenters. The number of nitrogens with one attached hydrogen (secondary N) is 1. The van der Waals surface area contributed by atoms with Gasteiger partial charge < -0.3 is 9.73 Å². The lowest BCUT2D eigenvalue weighted by molar-refractivity contribution is -0.116. The highest BCUT2D eigenvalue weighted by atomic mass is 16.4. The van der Waals surface area contributed by atoms with Crippen molar-refractivity contribution in [3.05, 3.63) is 64.9 Å². The van der Waals surface area contributed by atoms with Crippen LogP contribution in [0.5, 0.6) is 0 Å². The van der Waals surface area contributed by atoms with Gasteiger partial charge in [-0.15, -0.1) is 0 Å². The minimum absolute atomic E-state index is 0.0723. The molecule has 0 bridgehead atoms. The number of hydrogen-bond donors (Lipinski definition) is 1. The lowest BCUT2D eigenvalue weighted by atomic mass is 10.1. The second-order valence-corrected chi connectivity index (χ2v) is 6.57. The highest BCUT2D eigenvalue weighted by Gasteiger charge is 2.12. The largest absolute Gasteiger partial charge is 0.441 e. The average Bonchev–Trinajstić information content (AvgIpc) is 3.06. The van der Waals surface area contributed by atoms with Crippen LogP contribution in [-0.2, 0) is 11.2 Å². The fourth-order valence-electron chi connectivity index (χ4n) is 2.91. The highest BCUT2D eigenvalue weighted by molar-refractivity contribution is 5.92. The molecule has 1 amide bonds. The van der Waals surface area contributed by atoms with Gasteiger partial charge in [-0.1, -0.05) is 29.8 Å². The van der Waals surface area contributed by atoms with Crippen molar-refractivity contribution < 1.29 is 9.21 Å². The van der Waals surface area contributed by atoms with Gasteiger partial charge in [0.25, 0.3) is 0 Å². The second-order valence-electron chi connectivity index (χ2n) is 6.57. The van der Waals surface area contributed by atoms with Gasteiger partial charge in [0, 0.05) is 24.1 Å². The Labute approximate surface area is 153 Å². The quantitative estimate of drug-likeness (QED) is 0.734. The lowest BCUT2D eigenvalue weighted by Crippen LogP contribution is -2.15. The second kappa shape index (κ2) is 7.52. The molecular formula is C21H23N3O2. The highest BCUT2D eigenvalue weighted by Crippen LogP contribution is 2.22. The Balaban J connectivity index is 1.61. The number of aromatic nitrogens is 2. The molecule has 3 aromatic rings. The molecule has 1 aromatic carbocycles. The van der Waals surface area contributed by atoms with Gasteiger partial charge in [0.1, 0.15) is 0 Å². The van der Waals surface area contributed by atoms with E-state index in [-0.39, 0.29) is 5.91 Å². The molecule has 0 aliphatic heterocycles. The van der Waals surface area contributed by atoms with E-state index in [0.717, 1.165) is 34.0 Å². The smallest absolute Gasteiger partial charge is 0.224 e. The Morgan fingerprint density at radius 3 is 2.54 bits per heavy atom. The Kier molecular flexibility index (Phi) is 5.16. The molecule has 3 rings (SSSR count). The Morgan fingerprint density at radius 2 is 1.85 bits per heavy atom. The Hall–Kier alpha value is -2.95. The third-order valence-corrected chi connectivity index (χ3v) is 4.25. The van der Waals surface area contributed by atoms with E-state index >= 15 is 0 Å². The minimum Gasteiger partial charge on any atom is -0.441 e. The maximum Gasteiger partial charge on any atom is 0.224 e. The van der Waals surface area contributed by atoms with Crippen molar-refractivity contribution >= 4 is 11.6 Å². The molecule has 2 aromatic heterocycles. The van der Waals surface area contributed by atoms with E-state index in [0.29, 0.717) is 18.7 Å². The van der Waals surface area contributed by atoms with Crippen molar-refractivity contribution in [3.8, 4) is 11.3 Å². The predicted molar refractivity (Wildman–Crippen MR) is 102 cm³/mol. The summed E-state index contributed by atoms with van der Waals surface area (Å²) in [6.07, 6.45) is 2.46. The first-order chi connectivity index (χ1) is 12.4. The van der Waals surface area contributed by atoms with Crippen LogP contribution in [0.4, 0.5) is 5.69 Å². The van der Waals surface area contributed by atoms with Crippen LogP contribution in [0.25, 0.3) is 11.3 Å². The van der Waals surface area contributed by atoms with Crippen molar-refractivity contribution in [1.29, 1.82) is 0 Å². The van der Waals surface area contributed by atoms with Gasteiger partial charge in [0.15, 0.2) is 11.7 Å². The summed E-state index contributed by atoms with van der Waals surface area (Å²) >= 11 is 0. The maximum absolute atomic E-state index is 12.3. The van der Waals surface area contributed by atoms with Gasteiger partial charge in [-0.2, -0.15) is 0 Å². The number of carbonyl (C=O) groups excluding carboxylic acids is 1. The summed E-state index contributed by atoms with van der Waals surface area (Å²) in [5.41, 5.74) is 5.75. The monoisotopic (exact) mass is 349 g/mol. The van der Waals surface area contributed by atoms with Crippen LogP contribution in [0.15, 0.2) is 40.9 Å². The standard InChI is InChI=1S/C21H23N3O2/c1-13-5-7-17(8-6-13)18-12-22-20(26-18)10-9-19(25)24-21-14(2)11-15(3)23-16(21)4/h5-8,11-12H,9-10H2,1-4H3,(H,24,25). The number of aryl methyl sites for hydroxylation is 5. The Bertz CT molecular complexity index is 904. The molecule has 0 aliphatic carbocycles. The molecule has 0 fully saturated rings. The molecule has 0 saturated heterocycles. The molecule has 1 N–H and O–H groups in total. The minimum atomic E-state index is -0.0723. The molecular weight excluding hydrogens is 326 g/mol. The van der Waals surface area contributed by atoms with Gasteiger partial charge in [-0.3, -0.25) is 9.78 Å². The Morgan fingerprint density at radius 1 is 1.12 bits per heavy atom. The van der Waals surface area contributed by atoms with Crippen LogP contribution >= 0.6 is 0 Å². The van der Waals surface area contributed by atoms with Crippen LogP contribution < -0.4 is 5.32 Å². The summed E-state index contributed by atoms with van der Waals surface area (Å²) in [6.45, 7) is 7.86. The van der Waals surface area contributed by atoms with Crippen LogP contribution in [0.1, 0.15) is 34.8 Å². The summed E-state index contributed by atoms with van der Waals surface area (Å²) < 4.78 is 5.77. The zero-order valence-electron chi connectivity index (χ0n) is 15.6. The molecule has 2 heterocycles. The van der Waals surface area contributed by atoms with Crippen LogP contribution in [0, 0.1) is 27.7 Å².